The van der Waals surface area contributed by atoms with Crippen molar-refractivity contribution >= 4 is 0 Å². The number of hydrogen-bond acceptors (Lipinski definition) is 2. The summed E-state index contributed by atoms with van der Waals surface area (Å²) in [6.07, 6.45) is 3.94. The molecule has 0 radical (unpaired) electrons. The minimum absolute atomic E-state index is 0.813. The lowest BCUT2D eigenvalue weighted by atomic mass is 10.0. The van der Waals surface area contributed by atoms with Crippen molar-refractivity contribution in [3.63, 3.8) is 0 Å². The maximum atomic E-state index is 5.51. The Balaban J connectivity index is 2.12. The van der Waals surface area contributed by atoms with Crippen molar-refractivity contribution in [3.05, 3.63) is 0 Å². The number of hydrogen-bond donors (Lipinski definition) is 1. The van der Waals surface area contributed by atoms with Crippen molar-refractivity contribution < 1.29 is 0 Å². The van der Waals surface area contributed by atoms with Gasteiger partial charge in [0.1, 0.15) is 0 Å². The molecule has 0 aromatic heterocycles. The Kier molecular flexibility index (Phi) is 4.74. The van der Waals surface area contributed by atoms with Crippen LogP contribution in [0.3, 0.4) is 0 Å². The lowest BCUT2D eigenvalue weighted by Crippen LogP contribution is -2.25. The van der Waals surface area contributed by atoms with Crippen LogP contribution in [0.5, 0.6) is 0 Å². The second kappa shape index (κ2) is 5.61. The summed E-state index contributed by atoms with van der Waals surface area (Å²) in [4.78, 5) is 2.60. The van der Waals surface area contributed by atoms with Crippen LogP contribution in [0.15, 0.2) is 0 Å². The summed E-state index contributed by atoms with van der Waals surface area (Å²) in [7, 11) is 0. The van der Waals surface area contributed by atoms with Crippen LogP contribution in [0.25, 0.3) is 0 Å². The zero-order chi connectivity index (χ0) is 9.68. The molecule has 1 aliphatic rings. The van der Waals surface area contributed by atoms with Crippen LogP contribution >= 0.6 is 0 Å². The Hall–Kier alpha value is -0.0800. The maximum Gasteiger partial charge on any atom is 0.00103 e. The first kappa shape index (κ1) is 11.0. The average Bonchev–Trinajstić information content (AvgIpc) is 2.48. The van der Waals surface area contributed by atoms with Gasteiger partial charge in [-0.3, -0.25) is 0 Å². The maximum absolute atomic E-state index is 5.51. The molecule has 0 aliphatic carbocycles. The van der Waals surface area contributed by atoms with E-state index in [1.807, 2.05) is 0 Å². The van der Waals surface area contributed by atoms with Crippen LogP contribution in [0.1, 0.15) is 33.1 Å². The fourth-order valence-electron chi connectivity index (χ4n) is 2.24. The van der Waals surface area contributed by atoms with E-state index in [2.05, 4.69) is 18.7 Å². The molecule has 2 nitrogen and oxygen atoms in total. The third-order valence-corrected chi connectivity index (χ3v) is 2.81. The van der Waals surface area contributed by atoms with E-state index in [1.54, 1.807) is 0 Å². The monoisotopic (exact) mass is 184 g/mol. The summed E-state index contributed by atoms with van der Waals surface area (Å²) in [6.45, 7) is 9.37. The van der Waals surface area contributed by atoms with Gasteiger partial charge in [0.25, 0.3) is 0 Å². The van der Waals surface area contributed by atoms with Crippen molar-refractivity contribution in [2.75, 3.05) is 26.2 Å². The van der Waals surface area contributed by atoms with Crippen molar-refractivity contribution in [2.45, 2.75) is 33.1 Å². The predicted octanol–water partition coefficient (Wildman–Crippen LogP) is 1.70. The summed E-state index contributed by atoms with van der Waals surface area (Å²) < 4.78 is 0. The summed E-state index contributed by atoms with van der Waals surface area (Å²) in [6, 6.07) is 0. The van der Waals surface area contributed by atoms with E-state index in [0.717, 1.165) is 18.4 Å². The molecule has 1 rings (SSSR count). The van der Waals surface area contributed by atoms with Gasteiger partial charge in [-0.2, -0.15) is 0 Å². The van der Waals surface area contributed by atoms with Crippen molar-refractivity contribution in [2.24, 2.45) is 17.6 Å². The first-order valence-electron chi connectivity index (χ1n) is 5.64. The molecule has 1 fully saturated rings. The fraction of sp³-hybridized carbons (Fsp3) is 1.00. The van der Waals surface area contributed by atoms with Crippen LogP contribution in [-0.4, -0.2) is 31.1 Å². The van der Waals surface area contributed by atoms with Gasteiger partial charge in [0.2, 0.25) is 0 Å². The molecule has 0 bridgehead atoms. The van der Waals surface area contributed by atoms with Crippen molar-refractivity contribution in [3.8, 4) is 0 Å². The minimum Gasteiger partial charge on any atom is -0.330 e. The molecule has 0 saturated carbocycles. The third-order valence-electron chi connectivity index (χ3n) is 2.81. The smallest absolute Gasteiger partial charge is 0.00103 e. The predicted molar refractivity (Wildman–Crippen MR) is 57.7 cm³/mol. The number of likely N-dealkylation sites (tertiary alicyclic amines) is 1. The molecule has 1 aliphatic heterocycles. The van der Waals surface area contributed by atoms with Gasteiger partial charge in [0.05, 0.1) is 0 Å². The molecule has 2 heteroatoms. The lowest BCUT2D eigenvalue weighted by Gasteiger charge is -2.18. The number of rotatable bonds is 5. The first-order valence-corrected chi connectivity index (χ1v) is 5.64. The van der Waals surface area contributed by atoms with Crippen LogP contribution in [0.2, 0.25) is 0 Å². The highest BCUT2D eigenvalue weighted by atomic mass is 15.1. The van der Waals surface area contributed by atoms with Gasteiger partial charge in [-0.25, -0.2) is 0 Å². The topological polar surface area (TPSA) is 29.3 Å². The Labute approximate surface area is 82.5 Å². The van der Waals surface area contributed by atoms with Crippen molar-refractivity contribution in [1.82, 2.24) is 4.90 Å². The molecule has 13 heavy (non-hydrogen) atoms. The lowest BCUT2D eigenvalue weighted by molar-refractivity contribution is 0.284. The normalized spacial score (nSPS) is 24.5. The van der Waals surface area contributed by atoms with E-state index in [-0.39, 0.29) is 0 Å². The second-order valence-corrected chi connectivity index (χ2v) is 4.74. The van der Waals surface area contributed by atoms with Gasteiger partial charge < -0.3 is 10.6 Å². The molecule has 1 saturated heterocycles. The highest BCUT2D eigenvalue weighted by molar-refractivity contribution is 4.76. The van der Waals surface area contributed by atoms with E-state index >= 15 is 0 Å². The van der Waals surface area contributed by atoms with Crippen LogP contribution in [-0.2, 0) is 0 Å². The van der Waals surface area contributed by atoms with Crippen LogP contribution < -0.4 is 5.73 Å². The zero-order valence-corrected chi connectivity index (χ0v) is 9.13. The van der Waals surface area contributed by atoms with E-state index in [0.29, 0.717) is 0 Å². The summed E-state index contributed by atoms with van der Waals surface area (Å²) in [5.74, 6) is 1.75. The average molecular weight is 184 g/mol. The summed E-state index contributed by atoms with van der Waals surface area (Å²) in [5, 5.41) is 0. The Morgan fingerprint density at radius 2 is 2.23 bits per heavy atom. The largest absolute Gasteiger partial charge is 0.330 e. The highest BCUT2D eigenvalue weighted by Gasteiger charge is 2.21. The van der Waals surface area contributed by atoms with E-state index in [9.17, 15) is 0 Å². The highest BCUT2D eigenvalue weighted by Crippen LogP contribution is 2.21. The van der Waals surface area contributed by atoms with E-state index in [4.69, 9.17) is 5.73 Å². The van der Waals surface area contributed by atoms with Gasteiger partial charge >= 0.3 is 0 Å². The van der Waals surface area contributed by atoms with Gasteiger partial charge in [-0.15, -0.1) is 0 Å². The standard InChI is InChI=1S/C11H24N2/c1-10(2)8-13-7-5-11(9-13)4-3-6-12/h10-11H,3-9,12H2,1-2H3. The molecular weight excluding hydrogens is 160 g/mol. The molecule has 0 aromatic rings. The summed E-state index contributed by atoms with van der Waals surface area (Å²) >= 11 is 0. The SMILES string of the molecule is CC(C)CN1CCC(CCCN)C1. The summed E-state index contributed by atoms with van der Waals surface area (Å²) in [5.41, 5.74) is 5.51. The van der Waals surface area contributed by atoms with Gasteiger partial charge in [0, 0.05) is 13.1 Å². The van der Waals surface area contributed by atoms with Gasteiger partial charge in [-0.1, -0.05) is 13.8 Å². The molecule has 0 aromatic carbocycles. The molecular formula is C11H24N2. The molecule has 78 valence electrons. The van der Waals surface area contributed by atoms with Crippen LogP contribution in [0.4, 0.5) is 0 Å². The van der Waals surface area contributed by atoms with E-state index in [1.165, 1.54) is 38.9 Å². The quantitative estimate of drug-likeness (QED) is 0.704. The second-order valence-electron chi connectivity index (χ2n) is 4.74. The van der Waals surface area contributed by atoms with Crippen molar-refractivity contribution in [1.29, 1.82) is 0 Å². The molecule has 1 atom stereocenters. The van der Waals surface area contributed by atoms with Gasteiger partial charge in [0.15, 0.2) is 0 Å². The Bertz CT molecular complexity index is 134. The third kappa shape index (κ3) is 4.10. The van der Waals surface area contributed by atoms with Gasteiger partial charge in [-0.05, 0) is 44.2 Å². The molecule has 1 heterocycles. The molecule has 0 amide bonds. The number of nitrogens with zero attached hydrogens (tertiary/aromatic N) is 1. The Morgan fingerprint density at radius 3 is 2.85 bits per heavy atom. The molecule has 2 N–H and O–H groups in total. The minimum atomic E-state index is 0.813. The van der Waals surface area contributed by atoms with Crippen LogP contribution in [0, 0.1) is 11.8 Å². The molecule has 0 spiro atoms. The molecule has 1 unspecified atom stereocenters. The van der Waals surface area contributed by atoms with E-state index < -0.39 is 0 Å². The first-order chi connectivity index (χ1) is 6.22. The number of nitrogens with two attached hydrogens (primary N) is 1. The zero-order valence-electron chi connectivity index (χ0n) is 9.13. The fourth-order valence-corrected chi connectivity index (χ4v) is 2.24. The Morgan fingerprint density at radius 1 is 1.46 bits per heavy atom.